The van der Waals surface area contributed by atoms with Gasteiger partial charge in [0.25, 0.3) is 0 Å². The molecule has 4 heteroatoms. The third kappa shape index (κ3) is 4.77. The van der Waals surface area contributed by atoms with Crippen LogP contribution in [0.15, 0.2) is 12.2 Å². The highest BCUT2D eigenvalue weighted by Crippen LogP contribution is 2.13. The molecule has 4 nitrogen and oxygen atoms in total. The van der Waals surface area contributed by atoms with Gasteiger partial charge in [0, 0.05) is 6.04 Å². The van der Waals surface area contributed by atoms with Crippen molar-refractivity contribution in [2.75, 3.05) is 6.61 Å². The third-order valence-corrected chi connectivity index (χ3v) is 3.17. The monoisotopic (exact) mass is 240 g/mol. The summed E-state index contributed by atoms with van der Waals surface area (Å²) < 4.78 is 0. The van der Waals surface area contributed by atoms with Crippen molar-refractivity contribution in [1.82, 2.24) is 10.6 Å². The summed E-state index contributed by atoms with van der Waals surface area (Å²) in [7, 11) is 0. The first-order chi connectivity index (χ1) is 8.09. The van der Waals surface area contributed by atoms with Crippen LogP contribution in [-0.2, 0) is 0 Å². The number of carbonyl (C=O) groups excluding carboxylic acids is 1. The van der Waals surface area contributed by atoms with E-state index < -0.39 is 5.54 Å². The molecule has 0 aliphatic heterocycles. The van der Waals surface area contributed by atoms with E-state index >= 15 is 0 Å². The third-order valence-electron chi connectivity index (χ3n) is 3.17. The first kappa shape index (κ1) is 14.0. The van der Waals surface area contributed by atoms with Crippen LogP contribution in [0.5, 0.6) is 0 Å². The van der Waals surface area contributed by atoms with Crippen LogP contribution in [0.25, 0.3) is 0 Å². The largest absolute Gasteiger partial charge is 0.394 e. The van der Waals surface area contributed by atoms with E-state index in [1.54, 1.807) is 0 Å². The molecule has 17 heavy (non-hydrogen) atoms. The van der Waals surface area contributed by atoms with Crippen LogP contribution in [0.4, 0.5) is 4.79 Å². The van der Waals surface area contributed by atoms with Gasteiger partial charge in [-0.1, -0.05) is 25.5 Å². The first-order valence-electron chi connectivity index (χ1n) is 6.44. The van der Waals surface area contributed by atoms with Gasteiger partial charge < -0.3 is 15.7 Å². The maximum absolute atomic E-state index is 11.8. The van der Waals surface area contributed by atoms with Crippen molar-refractivity contribution in [3.63, 3.8) is 0 Å². The maximum Gasteiger partial charge on any atom is 0.315 e. The van der Waals surface area contributed by atoms with E-state index in [9.17, 15) is 9.90 Å². The number of aliphatic hydroxyl groups is 1. The van der Waals surface area contributed by atoms with Gasteiger partial charge in [0.15, 0.2) is 0 Å². The molecule has 0 saturated heterocycles. The highest BCUT2D eigenvalue weighted by atomic mass is 16.3. The van der Waals surface area contributed by atoms with Crippen LogP contribution >= 0.6 is 0 Å². The van der Waals surface area contributed by atoms with Gasteiger partial charge in [-0.15, -0.1) is 0 Å². The predicted octanol–water partition coefficient (Wildman–Crippen LogP) is 1.95. The minimum atomic E-state index is -0.511. The van der Waals surface area contributed by atoms with Crippen molar-refractivity contribution >= 4 is 6.03 Å². The summed E-state index contributed by atoms with van der Waals surface area (Å²) in [6, 6.07) is 0.0554. The molecule has 2 atom stereocenters. The fourth-order valence-corrected chi connectivity index (χ4v) is 2.15. The summed E-state index contributed by atoms with van der Waals surface area (Å²) in [6.07, 6.45) is 8.88. The van der Waals surface area contributed by atoms with Gasteiger partial charge in [-0.05, 0) is 32.6 Å². The number of amides is 2. The Morgan fingerprint density at radius 2 is 2.29 bits per heavy atom. The number of hydrogen-bond acceptors (Lipinski definition) is 2. The molecular weight excluding hydrogens is 216 g/mol. The van der Waals surface area contributed by atoms with Crippen molar-refractivity contribution < 1.29 is 9.90 Å². The standard InChI is InChI=1S/C13H24N2O2/c1-3-9-13(2,10-16)15-12(17)14-11-7-5-4-6-8-11/h4-5,11,16H,3,6-10H2,1-2H3,(H2,14,15,17). The molecule has 2 unspecified atom stereocenters. The number of allylic oxidation sites excluding steroid dienone is 1. The van der Waals surface area contributed by atoms with Gasteiger partial charge in [-0.25, -0.2) is 4.79 Å². The zero-order valence-corrected chi connectivity index (χ0v) is 10.8. The number of rotatable bonds is 5. The molecule has 0 aromatic rings. The molecule has 2 amide bonds. The summed E-state index contributed by atoms with van der Waals surface area (Å²) >= 11 is 0. The highest BCUT2D eigenvalue weighted by molar-refractivity contribution is 5.75. The molecule has 98 valence electrons. The van der Waals surface area contributed by atoms with Gasteiger partial charge in [0.05, 0.1) is 12.1 Å². The van der Waals surface area contributed by atoms with Crippen LogP contribution < -0.4 is 10.6 Å². The zero-order valence-electron chi connectivity index (χ0n) is 10.8. The summed E-state index contributed by atoms with van der Waals surface area (Å²) in [5.74, 6) is 0. The van der Waals surface area contributed by atoms with Crippen molar-refractivity contribution in [2.24, 2.45) is 0 Å². The average Bonchev–Trinajstić information content (AvgIpc) is 2.30. The van der Waals surface area contributed by atoms with Gasteiger partial charge in [0.1, 0.15) is 0 Å². The molecule has 0 bridgehead atoms. The normalized spacial score (nSPS) is 22.9. The van der Waals surface area contributed by atoms with E-state index in [1.807, 2.05) is 13.8 Å². The van der Waals surface area contributed by atoms with Crippen molar-refractivity contribution in [3.8, 4) is 0 Å². The number of aliphatic hydroxyl groups excluding tert-OH is 1. The molecule has 0 radical (unpaired) electrons. The second-order valence-electron chi connectivity index (χ2n) is 5.05. The summed E-state index contributed by atoms with van der Waals surface area (Å²) in [6.45, 7) is 3.88. The van der Waals surface area contributed by atoms with Crippen LogP contribution in [0.1, 0.15) is 46.0 Å². The van der Waals surface area contributed by atoms with E-state index in [-0.39, 0.29) is 18.7 Å². The number of hydrogen-bond donors (Lipinski definition) is 3. The van der Waals surface area contributed by atoms with Crippen LogP contribution in [0.2, 0.25) is 0 Å². The average molecular weight is 240 g/mol. The lowest BCUT2D eigenvalue weighted by Crippen LogP contribution is -2.54. The van der Waals surface area contributed by atoms with E-state index in [1.165, 1.54) is 0 Å². The Morgan fingerprint density at radius 3 is 2.82 bits per heavy atom. The Balaban J connectivity index is 2.39. The maximum atomic E-state index is 11.8. The lowest BCUT2D eigenvalue weighted by molar-refractivity contribution is 0.162. The van der Waals surface area contributed by atoms with Crippen molar-refractivity contribution in [3.05, 3.63) is 12.2 Å². The van der Waals surface area contributed by atoms with Gasteiger partial charge in [-0.3, -0.25) is 0 Å². The minimum absolute atomic E-state index is 0.0289. The summed E-state index contributed by atoms with van der Waals surface area (Å²) in [4.78, 5) is 11.8. The molecule has 1 rings (SSSR count). The van der Waals surface area contributed by atoms with E-state index in [0.717, 1.165) is 32.1 Å². The molecule has 3 N–H and O–H groups in total. The van der Waals surface area contributed by atoms with Gasteiger partial charge >= 0.3 is 6.03 Å². The number of carbonyl (C=O) groups is 1. The second-order valence-corrected chi connectivity index (χ2v) is 5.05. The van der Waals surface area contributed by atoms with E-state index in [2.05, 4.69) is 22.8 Å². The van der Waals surface area contributed by atoms with Crippen LogP contribution in [-0.4, -0.2) is 29.3 Å². The Hall–Kier alpha value is -1.03. The number of urea groups is 1. The van der Waals surface area contributed by atoms with Crippen molar-refractivity contribution in [2.45, 2.75) is 57.5 Å². The van der Waals surface area contributed by atoms with Crippen molar-refractivity contribution in [1.29, 1.82) is 0 Å². The Morgan fingerprint density at radius 1 is 1.53 bits per heavy atom. The predicted molar refractivity (Wildman–Crippen MR) is 68.8 cm³/mol. The van der Waals surface area contributed by atoms with Crippen LogP contribution in [0.3, 0.4) is 0 Å². The molecule has 0 spiro atoms. The molecule has 0 fully saturated rings. The molecule has 1 aliphatic carbocycles. The quantitative estimate of drug-likeness (QED) is 0.643. The number of nitrogens with one attached hydrogen (secondary N) is 2. The molecule has 0 saturated carbocycles. The SMILES string of the molecule is CCCC(C)(CO)NC(=O)NC1CC=CCC1. The Kier molecular flexibility index (Phi) is 5.48. The van der Waals surface area contributed by atoms with E-state index in [0.29, 0.717) is 0 Å². The topological polar surface area (TPSA) is 61.4 Å². The Labute approximate surface area is 103 Å². The first-order valence-corrected chi connectivity index (χ1v) is 6.44. The lowest BCUT2D eigenvalue weighted by atomic mass is 9.97. The highest BCUT2D eigenvalue weighted by Gasteiger charge is 2.25. The molecule has 1 aliphatic rings. The summed E-state index contributed by atoms with van der Waals surface area (Å²) in [5, 5.41) is 15.1. The molecule has 0 heterocycles. The second kappa shape index (κ2) is 6.64. The zero-order chi connectivity index (χ0) is 12.7. The molecule has 0 aromatic heterocycles. The smallest absolute Gasteiger partial charge is 0.315 e. The van der Waals surface area contributed by atoms with Gasteiger partial charge in [0.2, 0.25) is 0 Å². The van der Waals surface area contributed by atoms with Crippen LogP contribution in [0, 0.1) is 0 Å². The lowest BCUT2D eigenvalue weighted by Gasteiger charge is -2.30. The summed E-state index contributed by atoms with van der Waals surface area (Å²) in [5.41, 5.74) is -0.511. The van der Waals surface area contributed by atoms with Gasteiger partial charge in [-0.2, -0.15) is 0 Å². The fraction of sp³-hybridized carbons (Fsp3) is 0.769. The molecular formula is C13H24N2O2. The fourth-order valence-electron chi connectivity index (χ4n) is 2.15. The Bertz CT molecular complexity index is 279. The molecule has 0 aromatic carbocycles. The van der Waals surface area contributed by atoms with E-state index in [4.69, 9.17) is 0 Å². The minimum Gasteiger partial charge on any atom is -0.394 e.